The molecule has 0 bridgehead atoms. The Bertz CT molecular complexity index is 949. The number of halogens is 2. The van der Waals surface area contributed by atoms with Gasteiger partial charge in [0.1, 0.15) is 5.75 Å². The van der Waals surface area contributed by atoms with Gasteiger partial charge in [0.25, 0.3) is 0 Å². The Morgan fingerprint density at radius 1 is 1.07 bits per heavy atom. The molecule has 0 aliphatic rings. The van der Waals surface area contributed by atoms with Crippen LogP contribution in [-0.4, -0.2) is 33.5 Å². The second kappa shape index (κ2) is 9.80. The lowest BCUT2D eigenvalue weighted by atomic mass is 10.1. The summed E-state index contributed by atoms with van der Waals surface area (Å²) in [4.78, 5) is 12.3. The number of methoxy groups -OCH3 is 1. The van der Waals surface area contributed by atoms with E-state index in [4.69, 9.17) is 4.74 Å². The smallest absolute Gasteiger partial charge is 0.241 e. The maximum atomic E-state index is 13.2. The first-order chi connectivity index (χ1) is 13.6. The molecule has 2 aromatic carbocycles. The Labute approximate surface area is 169 Å². The number of nitrogens with one attached hydrogen (secondary N) is 2. The van der Waals surface area contributed by atoms with E-state index >= 15 is 0 Å². The minimum Gasteiger partial charge on any atom is -0.497 e. The van der Waals surface area contributed by atoms with Crippen molar-refractivity contribution in [3.05, 3.63) is 59.7 Å². The molecule has 0 radical (unpaired) electrons. The highest BCUT2D eigenvalue weighted by Gasteiger charge is 2.23. The summed E-state index contributed by atoms with van der Waals surface area (Å²) in [6.07, 6.45) is 0.916. The summed E-state index contributed by atoms with van der Waals surface area (Å²) in [7, 11) is -2.40. The van der Waals surface area contributed by atoms with Gasteiger partial charge >= 0.3 is 0 Å². The van der Waals surface area contributed by atoms with Crippen molar-refractivity contribution in [1.29, 1.82) is 0 Å². The van der Waals surface area contributed by atoms with Crippen LogP contribution in [0.5, 0.6) is 5.75 Å². The van der Waals surface area contributed by atoms with Crippen molar-refractivity contribution in [1.82, 2.24) is 10.0 Å². The zero-order valence-electron chi connectivity index (χ0n) is 16.4. The van der Waals surface area contributed by atoms with Gasteiger partial charge in [-0.2, -0.15) is 4.72 Å². The first kappa shape index (κ1) is 22.8. The van der Waals surface area contributed by atoms with Crippen molar-refractivity contribution in [3.63, 3.8) is 0 Å². The van der Waals surface area contributed by atoms with Gasteiger partial charge in [-0.3, -0.25) is 4.79 Å². The van der Waals surface area contributed by atoms with Crippen LogP contribution in [0, 0.1) is 11.6 Å². The Hall–Kier alpha value is -2.52. The molecule has 1 unspecified atom stereocenters. The van der Waals surface area contributed by atoms with Gasteiger partial charge in [-0.05, 0) is 68.7 Å². The molecule has 0 aliphatic heterocycles. The number of hydrogen-bond acceptors (Lipinski definition) is 4. The molecule has 158 valence electrons. The molecule has 0 heterocycles. The van der Waals surface area contributed by atoms with Crippen LogP contribution in [0.15, 0.2) is 47.4 Å². The summed E-state index contributed by atoms with van der Waals surface area (Å²) in [6.45, 7) is 3.20. The van der Waals surface area contributed by atoms with E-state index in [0.717, 1.165) is 12.1 Å². The first-order valence-corrected chi connectivity index (χ1v) is 10.5. The number of hydrogen-bond donors (Lipinski definition) is 2. The molecule has 0 aliphatic carbocycles. The van der Waals surface area contributed by atoms with Crippen molar-refractivity contribution in [2.45, 2.75) is 43.7 Å². The molecule has 0 aromatic heterocycles. The third-order valence-electron chi connectivity index (χ3n) is 4.33. The second-order valence-electron chi connectivity index (χ2n) is 6.72. The van der Waals surface area contributed by atoms with E-state index in [-0.39, 0.29) is 10.9 Å². The van der Waals surface area contributed by atoms with Gasteiger partial charge in [0.15, 0.2) is 11.6 Å². The minimum atomic E-state index is -3.87. The quantitative estimate of drug-likeness (QED) is 0.646. The lowest BCUT2D eigenvalue weighted by Gasteiger charge is -2.19. The van der Waals surface area contributed by atoms with Crippen molar-refractivity contribution in [2.75, 3.05) is 7.11 Å². The van der Waals surface area contributed by atoms with Crippen LogP contribution in [0.1, 0.15) is 25.8 Å². The van der Waals surface area contributed by atoms with Crippen molar-refractivity contribution in [3.8, 4) is 5.75 Å². The molecule has 9 heteroatoms. The molecule has 1 amide bonds. The number of carbonyl (C=O) groups excluding carboxylic acids is 1. The molecule has 2 rings (SSSR count). The number of aryl methyl sites for hydroxylation is 1. The maximum Gasteiger partial charge on any atom is 0.241 e. The van der Waals surface area contributed by atoms with E-state index in [2.05, 4.69) is 10.0 Å². The molecule has 2 N–H and O–H groups in total. The number of carbonyl (C=O) groups is 1. The number of benzene rings is 2. The summed E-state index contributed by atoms with van der Waals surface area (Å²) < 4.78 is 58.3. The third kappa shape index (κ3) is 6.50. The normalized spacial score (nSPS) is 13.6. The fourth-order valence-electron chi connectivity index (χ4n) is 2.63. The summed E-state index contributed by atoms with van der Waals surface area (Å²) in [5, 5.41) is 2.71. The zero-order valence-corrected chi connectivity index (χ0v) is 17.2. The van der Waals surface area contributed by atoms with Gasteiger partial charge in [0.2, 0.25) is 15.9 Å². The number of sulfonamides is 1. The third-order valence-corrected chi connectivity index (χ3v) is 5.89. The van der Waals surface area contributed by atoms with Crippen molar-refractivity contribution >= 4 is 15.9 Å². The monoisotopic (exact) mass is 426 g/mol. The average molecular weight is 426 g/mol. The highest BCUT2D eigenvalue weighted by atomic mass is 32.2. The molecular formula is C20H24F2N2O4S. The van der Waals surface area contributed by atoms with Crippen LogP contribution >= 0.6 is 0 Å². The number of ether oxygens (including phenoxy) is 1. The molecule has 0 spiro atoms. The Balaban J connectivity index is 1.88. The lowest BCUT2D eigenvalue weighted by molar-refractivity contribution is -0.123. The standard InChI is InChI=1S/C20H24F2N2O4S/c1-13(4-5-15-6-11-18(21)19(22)12-15)23-20(25)14(2)24-29(26,27)17-9-7-16(28-3)8-10-17/h6-14,24H,4-5H2,1-3H3,(H,23,25)/t13?,14-/m0/s1. The van der Waals surface area contributed by atoms with E-state index in [1.165, 1.54) is 44.4 Å². The highest BCUT2D eigenvalue weighted by molar-refractivity contribution is 7.89. The fraction of sp³-hybridized carbons (Fsp3) is 0.350. The van der Waals surface area contributed by atoms with E-state index in [0.29, 0.717) is 24.2 Å². The number of amides is 1. The first-order valence-electron chi connectivity index (χ1n) is 9.03. The van der Waals surface area contributed by atoms with Crippen LogP contribution in [0.4, 0.5) is 8.78 Å². The molecule has 2 aromatic rings. The highest BCUT2D eigenvalue weighted by Crippen LogP contribution is 2.16. The van der Waals surface area contributed by atoms with Gasteiger partial charge in [-0.1, -0.05) is 6.07 Å². The molecule has 2 atom stereocenters. The average Bonchev–Trinajstić information content (AvgIpc) is 2.68. The van der Waals surface area contributed by atoms with Crippen LogP contribution in [0.2, 0.25) is 0 Å². The summed E-state index contributed by atoms with van der Waals surface area (Å²) >= 11 is 0. The molecule has 0 saturated heterocycles. The summed E-state index contributed by atoms with van der Waals surface area (Å²) in [5.74, 6) is -1.79. The Morgan fingerprint density at radius 3 is 2.31 bits per heavy atom. The van der Waals surface area contributed by atoms with Crippen molar-refractivity contribution < 1.29 is 26.7 Å². The predicted molar refractivity (Wildman–Crippen MR) is 105 cm³/mol. The Kier molecular flexibility index (Phi) is 7.69. The minimum absolute atomic E-state index is 0.0179. The topological polar surface area (TPSA) is 84.5 Å². The van der Waals surface area contributed by atoms with Crippen molar-refractivity contribution in [2.24, 2.45) is 0 Å². The SMILES string of the molecule is COc1ccc(S(=O)(=O)N[C@@H](C)C(=O)NC(C)CCc2ccc(F)c(F)c2)cc1. The van der Waals surface area contributed by atoms with Gasteiger partial charge in [0, 0.05) is 6.04 Å². The molecular weight excluding hydrogens is 402 g/mol. The molecule has 6 nitrogen and oxygen atoms in total. The maximum absolute atomic E-state index is 13.2. The Morgan fingerprint density at radius 2 is 1.72 bits per heavy atom. The molecule has 0 saturated carbocycles. The second-order valence-corrected chi connectivity index (χ2v) is 8.43. The lowest BCUT2D eigenvalue weighted by Crippen LogP contribution is -2.47. The van der Waals surface area contributed by atoms with Gasteiger partial charge in [-0.15, -0.1) is 0 Å². The van der Waals surface area contributed by atoms with Crippen LogP contribution in [-0.2, 0) is 21.2 Å². The largest absolute Gasteiger partial charge is 0.497 e. The molecule has 29 heavy (non-hydrogen) atoms. The number of rotatable bonds is 9. The van der Waals surface area contributed by atoms with Gasteiger partial charge < -0.3 is 10.1 Å². The summed E-state index contributed by atoms with van der Waals surface area (Å²) in [6, 6.07) is 8.18. The van der Waals surface area contributed by atoms with E-state index in [9.17, 15) is 22.0 Å². The van der Waals surface area contributed by atoms with Crippen LogP contribution in [0.25, 0.3) is 0 Å². The van der Waals surface area contributed by atoms with E-state index in [1.54, 1.807) is 6.92 Å². The van der Waals surface area contributed by atoms with Crippen LogP contribution in [0.3, 0.4) is 0 Å². The van der Waals surface area contributed by atoms with Crippen LogP contribution < -0.4 is 14.8 Å². The van der Waals surface area contributed by atoms with E-state index in [1.807, 2.05) is 0 Å². The fourth-order valence-corrected chi connectivity index (χ4v) is 3.83. The van der Waals surface area contributed by atoms with E-state index < -0.39 is 33.6 Å². The summed E-state index contributed by atoms with van der Waals surface area (Å²) in [5.41, 5.74) is 0.609. The van der Waals surface area contributed by atoms with Gasteiger partial charge in [-0.25, -0.2) is 17.2 Å². The molecule has 0 fully saturated rings. The zero-order chi connectivity index (χ0) is 21.6. The predicted octanol–water partition coefficient (Wildman–Crippen LogP) is 2.78. The van der Waals surface area contributed by atoms with Gasteiger partial charge in [0.05, 0.1) is 18.0 Å².